The van der Waals surface area contributed by atoms with Crippen LogP contribution >= 0.6 is 0 Å². The maximum atomic E-state index is 12.7. The van der Waals surface area contributed by atoms with Crippen molar-refractivity contribution in [2.75, 3.05) is 20.2 Å². The lowest BCUT2D eigenvalue weighted by molar-refractivity contribution is -0.956. The Morgan fingerprint density at radius 3 is 2.44 bits per heavy atom. The van der Waals surface area contributed by atoms with Crippen LogP contribution in [-0.4, -0.2) is 66.2 Å². The summed E-state index contributed by atoms with van der Waals surface area (Å²) in [6, 6.07) is 10.3. The molecule has 1 aromatic carbocycles. The number of hydrogen-bond donors (Lipinski definition) is 1. The Labute approximate surface area is 172 Å². The van der Waals surface area contributed by atoms with E-state index in [0.717, 1.165) is 22.9 Å². The zero-order valence-corrected chi connectivity index (χ0v) is 17.7. The highest BCUT2D eigenvalue weighted by Gasteiger charge is 2.71. The van der Waals surface area contributed by atoms with Gasteiger partial charge in [0, 0.05) is 12.8 Å². The standard InChI is InChI=1S/C21H30NO4.BrH/c1-3-4-10-22(2)17-11-15(12-18(22)20-19(17)26-20)25-21(24)16(13-23)14-8-6-5-7-9-14;/h5-9,15-20,23H,3-4,10-13H2,1-2H3;1H/q+1;/p-1/t15?,16-,17+,18+,19-,20+,22?;/m1./s1. The van der Waals surface area contributed by atoms with Crippen molar-refractivity contribution in [3.05, 3.63) is 35.9 Å². The first kappa shape index (κ1) is 20.8. The first-order valence-electron chi connectivity index (χ1n) is 9.95. The van der Waals surface area contributed by atoms with Crippen LogP contribution in [0.1, 0.15) is 44.1 Å². The van der Waals surface area contributed by atoms with Crippen LogP contribution in [0.3, 0.4) is 0 Å². The molecule has 3 heterocycles. The number of unbranched alkanes of at least 4 members (excludes halogenated alkanes) is 1. The Bertz CT molecular complexity index is 637. The van der Waals surface area contributed by atoms with Gasteiger partial charge < -0.3 is 36.0 Å². The van der Waals surface area contributed by atoms with E-state index in [-0.39, 0.29) is 35.7 Å². The predicted octanol–water partition coefficient (Wildman–Crippen LogP) is -0.763. The fourth-order valence-electron chi connectivity index (χ4n) is 5.23. The molecule has 3 aliphatic heterocycles. The van der Waals surface area contributed by atoms with Crippen LogP contribution in [0.5, 0.6) is 0 Å². The minimum atomic E-state index is -0.595. The summed E-state index contributed by atoms with van der Waals surface area (Å²) in [7, 11) is 2.36. The van der Waals surface area contributed by atoms with E-state index >= 15 is 0 Å². The van der Waals surface area contributed by atoms with E-state index in [4.69, 9.17) is 9.47 Å². The summed E-state index contributed by atoms with van der Waals surface area (Å²) in [5.74, 6) is -0.898. The molecule has 0 saturated carbocycles. The van der Waals surface area contributed by atoms with E-state index in [1.54, 1.807) is 0 Å². The van der Waals surface area contributed by atoms with Crippen molar-refractivity contribution >= 4 is 5.97 Å². The maximum absolute atomic E-state index is 12.7. The number of rotatable bonds is 7. The van der Waals surface area contributed by atoms with Gasteiger partial charge in [-0.05, 0) is 12.0 Å². The van der Waals surface area contributed by atoms with Gasteiger partial charge in [-0.1, -0.05) is 43.7 Å². The van der Waals surface area contributed by atoms with Gasteiger partial charge in [0.05, 0.1) is 20.2 Å². The van der Waals surface area contributed by atoms with Gasteiger partial charge in [-0.15, -0.1) is 0 Å². The molecule has 2 unspecified atom stereocenters. The number of halogens is 1. The molecule has 7 atom stereocenters. The number of nitrogens with zero attached hydrogens (tertiary/aromatic N) is 1. The van der Waals surface area contributed by atoms with Crippen LogP contribution in [-0.2, 0) is 14.3 Å². The number of quaternary nitrogens is 1. The summed E-state index contributed by atoms with van der Waals surface area (Å²) in [5, 5.41) is 9.70. The Hall–Kier alpha value is -0.950. The fourth-order valence-corrected chi connectivity index (χ4v) is 5.23. The normalized spacial score (nSPS) is 37.1. The number of carbonyl (C=O) groups is 1. The summed E-state index contributed by atoms with van der Waals surface area (Å²) in [4.78, 5) is 12.7. The van der Waals surface area contributed by atoms with E-state index in [1.807, 2.05) is 30.3 Å². The lowest BCUT2D eigenvalue weighted by Crippen LogP contribution is -3.00. The van der Waals surface area contributed by atoms with Crippen LogP contribution in [0, 0.1) is 0 Å². The van der Waals surface area contributed by atoms with Crippen LogP contribution in [0.4, 0.5) is 0 Å². The second-order valence-corrected chi connectivity index (χ2v) is 8.30. The number of benzene rings is 1. The number of fused-ring (bicyclic) bond motifs is 5. The maximum Gasteiger partial charge on any atom is 0.316 e. The lowest BCUT2D eigenvalue weighted by atomic mass is 9.94. The molecule has 0 aromatic heterocycles. The molecule has 3 saturated heterocycles. The van der Waals surface area contributed by atoms with Gasteiger partial charge >= 0.3 is 5.97 Å². The molecule has 1 aromatic rings. The predicted molar refractivity (Wildman–Crippen MR) is 97.6 cm³/mol. The molecule has 1 N–H and O–H groups in total. The summed E-state index contributed by atoms with van der Waals surface area (Å²) in [5.41, 5.74) is 0.813. The van der Waals surface area contributed by atoms with Crippen molar-refractivity contribution in [2.24, 2.45) is 0 Å². The quantitative estimate of drug-likeness (QED) is 0.344. The fraction of sp³-hybridized carbons (Fsp3) is 0.667. The number of piperidine rings is 1. The molecule has 0 spiro atoms. The molecule has 27 heavy (non-hydrogen) atoms. The van der Waals surface area contributed by atoms with E-state index in [0.29, 0.717) is 24.3 Å². The van der Waals surface area contributed by atoms with E-state index < -0.39 is 5.92 Å². The summed E-state index contributed by atoms with van der Waals surface area (Å²) >= 11 is 0. The molecule has 0 amide bonds. The molecular weight excluding hydrogens is 410 g/mol. The van der Waals surface area contributed by atoms with Gasteiger partial charge in [0.1, 0.15) is 36.3 Å². The minimum absolute atomic E-state index is 0. The van der Waals surface area contributed by atoms with Crippen LogP contribution in [0.15, 0.2) is 30.3 Å². The van der Waals surface area contributed by atoms with Gasteiger partial charge in [-0.2, -0.15) is 0 Å². The highest BCUT2D eigenvalue weighted by atomic mass is 79.9. The van der Waals surface area contributed by atoms with E-state index in [2.05, 4.69) is 14.0 Å². The number of likely N-dealkylation sites (N-methyl/N-ethyl adjacent to an activating group) is 1. The first-order chi connectivity index (χ1) is 12.6. The Kier molecular flexibility index (Phi) is 6.31. The Balaban J connectivity index is 0.00000210. The average molecular weight is 440 g/mol. The van der Waals surface area contributed by atoms with Gasteiger partial charge in [0.15, 0.2) is 0 Å². The number of ether oxygens (including phenoxy) is 2. The summed E-state index contributed by atoms with van der Waals surface area (Å²) < 4.78 is 12.9. The van der Waals surface area contributed by atoms with Crippen molar-refractivity contribution < 1.29 is 40.8 Å². The molecule has 0 aliphatic carbocycles. The number of aliphatic hydroxyl groups excluding tert-OH is 1. The van der Waals surface area contributed by atoms with Crippen molar-refractivity contribution in [2.45, 2.75) is 68.9 Å². The first-order valence-corrected chi connectivity index (χ1v) is 9.95. The molecule has 150 valence electrons. The van der Waals surface area contributed by atoms with Gasteiger partial charge in [-0.25, -0.2) is 0 Å². The van der Waals surface area contributed by atoms with Gasteiger partial charge in [-0.3, -0.25) is 4.79 Å². The number of morpholine rings is 1. The number of esters is 1. The second-order valence-electron chi connectivity index (χ2n) is 8.30. The number of carbonyl (C=O) groups excluding carboxylic acids is 1. The molecule has 3 fully saturated rings. The molecular formula is C21H30BrNO4. The Morgan fingerprint density at radius 2 is 1.89 bits per heavy atom. The van der Waals surface area contributed by atoms with Crippen molar-refractivity contribution in [3.63, 3.8) is 0 Å². The largest absolute Gasteiger partial charge is 1.00 e. The molecule has 4 rings (SSSR count). The smallest absolute Gasteiger partial charge is 0.316 e. The van der Waals surface area contributed by atoms with Gasteiger partial charge in [0.25, 0.3) is 0 Å². The van der Waals surface area contributed by atoms with E-state index in [1.165, 1.54) is 19.4 Å². The molecule has 3 aliphatic rings. The third kappa shape index (κ3) is 3.69. The molecule has 2 bridgehead atoms. The minimum Gasteiger partial charge on any atom is -1.00 e. The molecule has 5 nitrogen and oxygen atoms in total. The SMILES string of the molecule is CCCC[N+]1(C)[C@H]2CC(OC(=O)[C@H](CO)c3ccccc3)C[C@H]1[C@H]1O[C@H]12.[Br-]. The van der Waals surface area contributed by atoms with Crippen LogP contribution in [0.2, 0.25) is 0 Å². The van der Waals surface area contributed by atoms with Crippen molar-refractivity contribution in [1.82, 2.24) is 0 Å². The highest BCUT2D eigenvalue weighted by molar-refractivity contribution is 5.78. The third-order valence-electron chi connectivity index (χ3n) is 6.79. The third-order valence-corrected chi connectivity index (χ3v) is 6.79. The zero-order chi connectivity index (χ0) is 18.3. The molecule has 6 heteroatoms. The highest BCUT2D eigenvalue weighted by Crippen LogP contribution is 2.52. The topological polar surface area (TPSA) is 59.1 Å². The van der Waals surface area contributed by atoms with Gasteiger partial charge in [0.2, 0.25) is 0 Å². The summed E-state index contributed by atoms with van der Waals surface area (Å²) in [6.45, 7) is 3.20. The summed E-state index contributed by atoms with van der Waals surface area (Å²) in [6.07, 6.45) is 4.83. The number of hydrogen-bond acceptors (Lipinski definition) is 4. The second kappa shape index (κ2) is 8.19. The van der Waals surface area contributed by atoms with E-state index in [9.17, 15) is 9.90 Å². The number of aliphatic hydroxyl groups is 1. The van der Waals surface area contributed by atoms with Crippen molar-refractivity contribution in [3.8, 4) is 0 Å². The lowest BCUT2D eigenvalue weighted by Gasteiger charge is -2.48. The van der Waals surface area contributed by atoms with Crippen LogP contribution < -0.4 is 17.0 Å². The number of epoxide rings is 1. The van der Waals surface area contributed by atoms with Crippen molar-refractivity contribution in [1.29, 1.82) is 0 Å². The monoisotopic (exact) mass is 439 g/mol. The zero-order valence-electron chi connectivity index (χ0n) is 16.1. The van der Waals surface area contributed by atoms with Crippen LogP contribution in [0.25, 0.3) is 0 Å². The molecule has 0 radical (unpaired) electrons. The Morgan fingerprint density at radius 1 is 1.26 bits per heavy atom. The average Bonchev–Trinajstić information content (AvgIpc) is 3.40.